The van der Waals surface area contributed by atoms with Gasteiger partial charge in [-0.1, -0.05) is 53.2 Å². The van der Waals surface area contributed by atoms with Crippen LogP contribution in [0.5, 0.6) is 0 Å². The molecule has 0 radical (unpaired) electrons. The van der Waals surface area contributed by atoms with E-state index in [1.54, 1.807) is 5.57 Å². The molecule has 246 valence electrons. The Bertz CT molecular complexity index is 1190. The molecule has 0 bridgehead atoms. The van der Waals surface area contributed by atoms with Crippen LogP contribution in [0.4, 0.5) is 0 Å². The average Bonchev–Trinajstić information content (AvgIpc) is 3.42. The number of aliphatic carboxylic acids is 1. The van der Waals surface area contributed by atoms with E-state index in [0.29, 0.717) is 34.1 Å². The van der Waals surface area contributed by atoms with Crippen LogP contribution >= 0.6 is 0 Å². The Balaban J connectivity index is 1.11. The Hall–Kier alpha value is -1.17. The van der Waals surface area contributed by atoms with Crippen LogP contribution in [0.15, 0.2) is 23.3 Å². The van der Waals surface area contributed by atoms with Crippen molar-refractivity contribution in [2.75, 3.05) is 39.4 Å². The van der Waals surface area contributed by atoms with Crippen molar-refractivity contribution in [3.05, 3.63) is 23.3 Å². The summed E-state index contributed by atoms with van der Waals surface area (Å²) in [6.45, 7) is 19.6. The number of fused-ring (bicyclic) bond motifs is 7. The highest BCUT2D eigenvalue weighted by molar-refractivity contribution is 5.70. The molecule has 1 heterocycles. The first-order valence-corrected chi connectivity index (χ1v) is 18.6. The Labute approximate surface area is 268 Å². The number of rotatable bonds is 6. The summed E-state index contributed by atoms with van der Waals surface area (Å²) in [4.78, 5) is 14.2. The van der Waals surface area contributed by atoms with Gasteiger partial charge in [-0.3, -0.25) is 9.69 Å². The van der Waals surface area contributed by atoms with Crippen LogP contribution < -0.4 is 5.32 Å². The fourth-order valence-corrected chi connectivity index (χ4v) is 13.6. The molecule has 7 unspecified atom stereocenters. The van der Waals surface area contributed by atoms with Crippen LogP contribution in [0.2, 0.25) is 0 Å². The molecular formula is C39H62N2O3. The minimum Gasteiger partial charge on any atom is -0.481 e. The molecule has 4 saturated carbocycles. The van der Waals surface area contributed by atoms with Gasteiger partial charge in [-0.05, 0) is 134 Å². The summed E-state index contributed by atoms with van der Waals surface area (Å²) in [5.74, 6) is 2.36. The molecule has 7 aliphatic rings. The normalized spacial score (nSPS) is 47.0. The Morgan fingerprint density at radius 2 is 1.70 bits per heavy atom. The number of morpholine rings is 1. The number of carboxylic acid groups (broad SMARTS) is 1. The minimum absolute atomic E-state index is 0.144. The van der Waals surface area contributed by atoms with Gasteiger partial charge in [0.05, 0.1) is 19.1 Å². The van der Waals surface area contributed by atoms with Crippen LogP contribution in [0.3, 0.4) is 0 Å². The molecule has 44 heavy (non-hydrogen) atoms. The van der Waals surface area contributed by atoms with E-state index in [1.165, 1.54) is 76.3 Å². The smallest absolute Gasteiger partial charge is 0.306 e. The van der Waals surface area contributed by atoms with E-state index >= 15 is 0 Å². The second kappa shape index (κ2) is 11.2. The van der Waals surface area contributed by atoms with Crippen molar-refractivity contribution >= 4 is 5.97 Å². The molecule has 0 aromatic rings. The van der Waals surface area contributed by atoms with E-state index in [0.717, 1.165) is 63.4 Å². The van der Waals surface area contributed by atoms with Gasteiger partial charge >= 0.3 is 5.97 Å². The maximum atomic E-state index is 11.6. The van der Waals surface area contributed by atoms with Gasteiger partial charge in [0.15, 0.2) is 0 Å². The number of nitrogens with zero attached hydrogens (tertiary/aromatic N) is 1. The third-order valence-electron chi connectivity index (χ3n) is 16.1. The molecule has 0 aromatic carbocycles. The van der Waals surface area contributed by atoms with Crippen LogP contribution in [0, 0.1) is 51.2 Å². The first kappa shape index (κ1) is 31.4. The lowest BCUT2D eigenvalue weighted by atomic mass is 9.33. The van der Waals surface area contributed by atoms with Crippen molar-refractivity contribution < 1.29 is 14.6 Å². The highest BCUT2D eigenvalue weighted by Gasteiger charge is 2.69. The zero-order valence-electron chi connectivity index (χ0n) is 28.7. The minimum atomic E-state index is -0.623. The number of hydrogen-bond acceptors (Lipinski definition) is 4. The predicted molar refractivity (Wildman–Crippen MR) is 177 cm³/mol. The largest absolute Gasteiger partial charge is 0.481 e. The van der Waals surface area contributed by atoms with Crippen molar-refractivity contribution in [3.8, 4) is 0 Å². The molecule has 0 amide bonds. The summed E-state index contributed by atoms with van der Waals surface area (Å²) >= 11 is 0. The monoisotopic (exact) mass is 606 g/mol. The number of hydrogen-bond donors (Lipinski definition) is 2. The maximum absolute atomic E-state index is 11.6. The summed E-state index contributed by atoms with van der Waals surface area (Å²) in [5.41, 5.74) is 4.72. The first-order chi connectivity index (χ1) is 20.9. The Morgan fingerprint density at radius 1 is 0.909 bits per heavy atom. The Kier molecular flexibility index (Phi) is 8.02. The van der Waals surface area contributed by atoms with Gasteiger partial charge < -0.3 is 15.2 Å². The number of nitrogens with one attached hydrogen (secondary N) is 1. The number of allylic oxidation sites excluding steroid dienone is 4. The van der Waals surface area contributed by atoms with Gasteiger partial charge in [0.1, 0.15) is 0 Å². The summed E-state index contributed by atoms with van der Waals surface area (Å²) in [6, 6.07) is 0. The molecule has 7 rings (SSSR count). The number of ether oxygens (including phenoxy) is 1. The average molecular weight is 607 g/mol. The van der Waals surface area contributed by atoms with Gasteiger partial charge in [0, 0.05) is 31.7 Å². The van der Waals surface area contributed by atoms with Crippen LogP contribution in [-0.2, 0) is 9.53 Å². The lowest BCUT2D eigenvalue weighted by Crippen LogP contribution is -2.67. The van der Waals surface area contributed by atoms with Gasteiger partial charge in [0.2, 0.25) is 0 Å². The van der Waals surface area contributed by atoms with Crippen molar-refractivity contribution in [1.29, 1.82) is 0 Å². The third-order valence-corrected chi connectivity index (χ3v) is 16.1. The summed E-state index contributed by atoms with van der Waals surface area (Å²) in [6.07, 6.45) is 21.1. The van der Waals surface area contributed by atoms with Crippen molar-refractivity contribution in [1.82, 2.24) is 10.2 Å². The van der Waals surface area contributed by atoms with E-state index < -0.39 is 5.97 Å². The molecule has 0 spiro atoms. The fourth-order valence-electron chi connectivity index (χ4n) is 13.6. The third kappa shape index (κ3) is 4.67. The Morgan fingerprint density at radius 3 is 2.43 bits per heavy atom. The van der Waals surface area contributed by atoms with Crippen molar-refractivity contribution in [2.45, 2.75) is 124 Å². The number of carboxylic acids is 1. The highest BCUT2D eigenvalue weighted by atomic mass is 16.5. The summed E-state index contributed by atoms with van der Waals surface area (Å²) < 4.78 is 5.60. The van der Waals surface area contributed by atoms with Crippen molar-refractivity contribution in [3.63, 3.8) is 0 Å². The van der Waals surface area contributed by atoms with Gasteiger partial charge in [-0.25, -0.2) is 0 Å². The lowest BCUT2D eigenvalue weighted by molar-refractivity contribution is -0.218. The molecule has 1 aliphatic heterocycles. The zero-order valence-corrected chi connectivity index (χ0v) is 28.7. The quantitative estimate of drug-likeness (QED) is 0.322. The van der Waals surface area contributed by atoms with Gasteiger partial charge in [-0.15, -0.1) is 0 Å². The molecule has 1 saturated heterocycles. The van der Waals surface area contributed by atoms with E-state index in [-0.39, 0.29) is 11.3 Å². The number of carbonyl (C=O) groups is 1. The zero-order chi connectivity index (χ0) is 31.0. The van der Waals surface area contributed by atoms with Crippen LogP contribution in [0.1, 0.15) is 118 Å². The topological polar surface area (TPSA) is 61.8 Å². The lowest BCUT2D eigenvalue weighted by Gasteiger charge is -2.72. The first-order valence-electron chi connectivity index (χ1n) is 18.6. The molecular weight excluding hydrogens is 544 g/mol. The predicted octanol–water partition coefficient (Wildman–Crippen LogP) is 7.86. The van der Waals surface area contributed by atoms with Crippen molar-refractivity contribution in [2.24, 2.45) is 51.2 Å². The molecule has 5 fully saturated rings. The standard InChI is InChI=1S/C39H62N2O3/c1-35(2)29(27-8-10-28(11-9-27)34(42)43)14-17-36(3)32(35)15-18-38(5)33(36)13-12-30-31-7-6-16-39(31,20-19-37(30,38)4)40-21-22-41-23-25-44-26-24-41/h8,14,28,30-33,40H,6-7,9-13,15-26H2,1-5H3,(H,42,43)/t28?,30?,31-,32?,33?,36?,37-,38?,39?/m1/s1. The molecule has 9 atom stereocenters. The van der Waals surface area contributed by atoms with Crippen LogP contribution in [0.25, 0.3) is 0 Å². The molecule has 5 nitrogen and oxygen atoms in total. The molecule has 0 aromatic heterocycles. The maximum Gasteiger partial charge on any atom is 0.306 e. The summed E-state index contributed by atoms with van der Waals surface area (Å²) in [5, 5.41) is 13.8. The van der Waals surface area contributed by atoms with Crippen LogP contribution in [-0.4, -0.2) is 60.9 Å². The van der Waals surface area contributed by atoms with E-state index in [4.69, 9.17) is 4.74 Å². The van der Waals surface area contributed by atoms with E-state index in [9.17, 15) is 9.90 Å². The fraction of sp³-hybridized carbons (Fsp3) is 0.872. The molecule has 2 N–H and O–H groups in total. The van der Waals surface area contributed by atoms with Gasteiger partial charge in [-0.2, -0.15) is 0 Å². The van der Waals surface area contributed by atoms with E-state index in [2.05, 4.69) is 57.0 Å². The second-order valence-corrected chi connectivity index (χ2v) is 17.8. The highest BCUT2D eigenvalue weighted by Crippen LogP contribution is 2.76. The summed E-state index contributed by atoms with van der Waals surface area (Å²) in [7, 11) is 0. The van der Waals surface area contributed by atoms with Gasteiger partial charge in [0.25, 0.3) is 0 Å². The second-order valence-electron chi connectivity index (χ2n) is 17.8. The molecule has 6 aliphatic carbocycles. The SMILES string of the molecule is CC1(C)C(C2=CCC(C(=O)O)CC2)=CCC2(C)C1CCC1(C)C2CCC2[C@H]3CCCC3(NCCN3CCOCC3)CC[C@]21C. The van der Waals surface area contributed by atoms with E-state index in [1.807, 2.05) is 0 Å². The molecule has 5 heteroatoms.